The van der Waals surface area contributed by atoms with Gasteiger partial charge in [-0.3, -0.25) is 4.79 Å². The number of carbonyl (C=O) groups is 1. The second kappa shape index (κ2) is 9.58. The number of nitrogens with one attached hydrogen (secondary N) is 2. The van der Waals surface area contributed by atoms with Gasteiger partial charge in [0.25, 0.3) is 5.91 Å². The van der Waals surface area contributed by atoms with Crippen molar-refractivity contribution in [1.82, 2.24) is 10.6 Å². The second-order valence-electron chi connectivity index (χ2n) is 6.83. The molecule has 1 amide bonds. The molecule has 2 aromatic carbocycles. The average molecular weight is 397 g/mol. The molecule has 0 saturated carbocycles. The highest BCUT2D eigenvalue weighted by atomic mass is 35.5. The highest BCUT2D eigenvalue weighted by Gasteiger charge is 2.10. The van der Waals surface area contributed by atoms with E-state index < -0.39 is 0 Å². The molecule has 5 heteroatoms. The van der Waals surface area contributed by atoms with Crippen molar-refractivity contribution in [1.29, 1.82) is 0 Å². The highest BCUT2D eigenvalue weighted by molar-refractivity contribution is 6.33. The largest absolute Gasteiger partial charge is 0.460 e. The molecule has 0 aliphatic rings. The third-order valence-corrected chi connectivity index (χ3v) is 4.94. The number of hydrogen-bond donors (Lipinski definition) is 2. The van der Waals surface area contributed by atoms with Crippen molar-refractivity contribution in [2.24, 2.45) is 0 Å². The van der Waals surface area contributed by atoms with Crippen molar-refractivity contribution in [3.63, 3.8) is 0 Å². The van der Waals surface area contributed by atoms with E-state index in [2.05, 4.69) is 17.6 Å². The van der Waals surface area contributed by atoms with Crippen LogP contribution in [-0.2, 0) is 13.1 Å². The lowest BCUT2D eigenvalue weighted by molar-refractivity contribution is 0.0939. The Kier molecular flexibility index (Phi) is 6.90. The van der Waals surface area contributed by atoms with Crippen LogP contribution >= 0.6 is 11.6 Å². The maximum absolute atomic E-state index is 12.3. The smallest absolute Gasteiger partial charge is 0.251 e. The fourth-order valence-corrected chi connectivity index (χ4v) is 3.07. The van der Waals surface area contributed by atoms with Gasteiger partial charge < -0.3 is 15.1 Å². The van der Waals surface area contributed by atoms with Crippen LogP contribution in [0, 0.1) is 0 Å². The molecule has 1 aromatic heterocycles. The number of benzene rings is 2. The summed E-state index contributed by atoms with van der Waals surface area (Å²) in [4.78, 5) is 12.3. The van der Waals surface area contributed by atoms with Gasteiger partial charge >= 0.3 is 0 Å². The SMILES string of the molecule is CCC(C)NC(=O)c1cccc(CNCc2ccc(-c3ccccc3Cl)o2)c1. The second-order valence-corrected chi connectivity index (χ2v) is 7.24. The highest BCUT2D eigenvalue weighted by Crippen LogP contribution is 2.28. The Morgan fingerprint density at radius 3 is 2.68 bits per heavy atom. The quantitative estimate of drug-likeness (QED) is 0.534. The summed E-state index contributed by atoms with van der Waals surface area (Å²) in [5.41, 5.74) is 2.61. The van der Waals surface area contributed by atoms with E-state index in [0.29, 0.717) is 23.7 Å². The Labute approximate surface area is 170 Å². The lowest BCUT2D eigenvalue weighted by atomic mass is 10.1. The topological polar surface area (TPSA) is 54.3 Å². The predicted octanol–water partition coefficient (Wildman–Crippen LogP) is 5.42. The molecule has 0 saturated heterocycles. The summed E-state index contributed by atoms with van der Waals surface area (Å²) in [6.45, 7) is 5.29. The predicted molar refractivity (Wildman–Crippen MR) is 113 cm³/mol. The van der Waals surface area contributed by atoms with Crippen LogP contribution < -0.4 is 10.6 Å². The zero-order valence-corrected chi connectivity index (χ0v) is 16.9. The fourth-order valence-electron chi connectivity index (χ4n) is 2.84. The maximum Gasteiger partial charge on any atom is 0.251 e. The summed E-state index contributed by atoms with van der Waals surface area (Å²) in [5, 5.41) is 7.02. The minimum Gasteiger partial charge on any atom is -0.460 e. The van der Waals surface area contributed by atoms with E-state index in [-0.39, 0.29) is 11.9 Å². The van der Waals surface area contributed by atoms with Crippen LogP contribution in [0.15, 0.2) is 65.1 Å². The van der Waals surface area contributed by atoms with Gasteiger partial charge in [0.1, 0.15) is 11.5 Å². The van der Waals surface area contributed by atoms with Gasteiger partial charge in [-0.1, -0.05) is 42.8 Å². The first-order valence-electron chi connectivity index (χ1n) is 9.51. The van der Waals surface area contributed by atoms with Gasteiger partial charge in [-0.25, -0.2) is 0 Å². The molecule has 0 bridgehead atoms. The number of rotatable bonds is 8. The summed E-state index contributed by atoms with van der Waals surface area (Å²) >= 11 is 6.23. The van der Waals surface area contributed by atoms with Crippen molar-refractivity contribution >= 4 is 17.5 Å². The Bertz CT molecular complexity index is 936. The number of amides is 1. The van der Waals surface area contributed by atoms with Crippen LogP contribution in [0.2, 0.25) is 5.02 Å². The zero-order valence-electron chi connectivity index (χ0n) is 16.2. The lowest BCUT2D eigenvalue weighted by Crippen LogP contribution is -2.32. The van der Waals surface area contributed by atoms with Crippen LogP contribution in [-0.4, -0.2) is 11.9 Å². The first kappa shape index (κ1) is 20.2. The molecule has 1 unspecified atom stereocenters. The van der Waals surface area contributed by atoms with Gasteiger partial charge in [0.2, 0.25) is 0 Å². The van der Waals surface area contributed by atoms with Crippen LogP contribution in [0.1, 0.15) is 41.9 Å². The molecule has 0 radical (unpaired) electrons. The Hall–Kier alpha value is -2.56. The summed E-state index contributed by atoms with van der Waals surface area (Å²) in [6.07, 6.45) is 0.909. The Morgan fingerprint density at radius 2 is 1.89 bits per heavy atom. The molecule has 0 fully saturated rings. The monoisotopic (exact) mass is 396 g/mol. The zero-order chi connectivity index (χ0) is 19.9. The molecule has 0 aliphatic carbocycles. The van der Waals surface area contributed by atoms with Crippen LogP contribution in [0.5, 0.6) is 0 Å². The molecule has 0 aliphatic heterocycles. The van der Waals surface area contributed by atoms with Gasteiger partial charge in [-0.15, -0.1) is 0 Å². The van der Waals surface area contributed by atoms with Crippen molar-refractivity contribution < 1.29 is 9.21 Å². The van der Waals surface area contributed by atoms with Crippen molar-refractivity contribution in [3.05, 3.63) is 82.6 Å². The van der Waals surface area contributed by atoms with Gasteiger partial charge in [-0.2, -0.15) is 0 Å². The van der Waals surface area contributed by atoms with Crippen molar-refractivity contribution in [3.8, 4) is 11.3 Å². The normalized spacial score (nSPS) is 12.0. The summed E-state index contributed by atoms with van der Waals surface area (Å²) in [5.74, 6) is 1.55. The molecular formula is C23H25ClN2O2. The molecule has 3 rings (SSSR count). The standard InChI is InChI=1S/C23H25ClN2O2/c1-3-16(2)26-23(27)18-8-6-7-17(13-18)14-25-15-19-11-12-22(28-19)20-9-4-5-10-21(20)24/h4-13,16,25H,3,14-15H2,1-2H3,(H,26,27). The number of halogens is 1. The van der Waals surface area contributed by atoms with Gasteiger partial charge in [0.05, 0.1) is 11.6 Å². The van der Waals surface area contributed by atoms with Crippen LogP contribution in [0.4, 0.5) is 0 Å². The third kappa shape index (κ3) is 5.24. The Balaban J connectivity index is 1.56. The molecule has 146 valence electrons. The van der Waals surface area contributed by atoms with Gasteiger partial charge in [0, 0.05) is 23.7 Å². The van der Waals surface area contributed by atoms with E-state index in [0.717, 1.165) is 29.1 Å². The Morgan fingerprint density at radius 1 is 1.07 bits per heavy atom. The number of furan rings is 1. The first-order chi connectivity index (χ1) is 13.6. The van der Waals surface area contributed by atoms with E-state index >= 15 is 0 Å². The molecule has 28 heavy (non-hydrogen) atoms. The van der Waals surface area contributed by atoms with E-state index in [4.69, 9.17) is 16.0 Å². The molecule has 1 heterocycles. The van der Waals surface area contributed by atoms with Crippen molar-refractivity contribution in [2.75, 3.05) is 0 Å². The van der Waals surface area contributed by atoms with Crippen LogP contribution in [0.25, 0.3) is 11.3 Å². The summed E-state index contributed by atoms with van der Waals surface area (Å²) in [6, 6.07) is 19.3. The molecule has 4 nitrogen and oxygen atoms in total. The third-order valence-electron chi connectivity index (χ3n) is 4.61. The van der Waals surface area contributed by atoms with E-state index in [1.807, 2.05) is 67.6 Å². The number of hydrogen-bond acceptors (Lipinski definition) is 3. The average Bonchev–Trinajstić information content (AvgIpc) is 3.17. The number of carbonyl (C=O) groups excluding carboxylic acids is 1. The minimum atomic E-state index is -0.0355. The van der Waals surface area contributed by atoms with E-state index in [1.54, 1.807) is 0 Å². The van der Waals surface area contributed by atoms with E-state index in [9.17, 15) is 4.79 Å². The van der Waals surface area contributed by atoms with Gasteiger partial charge in [0.15, 0.2) is 0 Å². The molecule has 2 N–H and O–H groups in total. The minimum absolute atomic E-state index is 0.0355. The molecule has 0 spiro atoms. The molecule has 1 atom stereocenters. The molecule has 3 aromatic rings. The maximum atomic E-state index is 12.3. The summed E-state index contributed by atoms with van der Waals surface area (Å²) in [7, 11) is 0. The lowest BCUT2D eigenvalue weighted by Gasteiger charge is -2.12. The van der Waals surface area contributed by atoms with Gasteiger partial charge in [-0.05, 0) is 55.3 Å². The fraction of sp³-hybridized carbons (Fsp3) is 0.261. The molecular weight excluding hydrogens is 372 g/mol. The summed E-state index contributed by atoms with van der Waals surface area (Å²) < 4.78 is 5.90. The first-order valence-corrected chi connectivity index (χ1v) is 9.88. The van der Waals surface area contributed by atoms with Crippen molar-refractivity contribution in [2.45, 2.75) is 39.4 Å². The van der Waals surface area contributed by atoms with Crippen LogP contribution in [0.3, 0.4) is 0 Å². The van der Waals surface area contributed by atoms with E-state index in [1.165, 1.54) is 0 Å².